The molecule has 1 atom stereocenters. The van der Waals surface area contributed by atoms with Gasteiger partial charge in [0.25, 0.3) is 0 Å². The predicted molar refractivity (Wildman–Crippen MR) is 46.1 cm³/mol. The van der Waals surface area contributed by atoms with E-state index in [0.717, 1.165) is 0 Å². The molecule has 0 nitrogen and oxygen atoms in total. The number of hydrogen-bond acceptors (Lipinski definition) is 0. The third-order valence-corrected chi connectivity index (χ3v) is 0. The Morgan fingerprint density at radius 2 is 0.714 bits per heavy atom. The third-order valence-electron chi connectivity index (χ3n) is 0. The summed E-state index contributed by atoms with van der Waals surface area (Å²) in [6.07, 6.45) is 0. The summed E-state index contributed by atoms with van der Waals surface area (Å²) in [5.41, 5.74) is 0. The fourth-order valence-corrected chi connectivity index (χ4v) is 0. The van der Waals surface area contributed by atoms with Gasteiger partial charge in [0.2, 0.25) is 0 Å². The zero-order valence-electron chi connectivity index (χ0n) is 3.04. The summed E-state index contributed by atoms with van der Waals surface area (Å²) in [4.78, 5) is 0. The molecule has 0 aromatic carbocycles. The van der Waals surface area contributed by atoms with Crippen LogP contribution < -0.4 is 0 Å². The molecule has 0 aromatic heterocycles. The Bertz CT molecular complexity index is 41.3. The van der Waals surface area contributed by atoms with Gasteiger partial charge in [0.1, 0.15) is 0 Å². The van der Waals surface area contributed by atoms with E-state index < -0.39 is 11.7 Å². The fourth-order valence-electron chi connectivity index (χ4n) is 0. The van der Waals surface area contributed by atoms with Crippen LogP contribution in [0.4, 0.5) is 0 Å². The van der Waals surface area contributed by atoms with Crippen molar-refractivity contribution in [2.75, 3.05) is 0 Å². The molecule has 0 aliphatic heterocycles. The molecule has 0 heterocycles. The molecular weight excluding hydrogens is 330 g/mol. The monoisotopic (exact) mass is 330 g/mol. The average molecular weight is 333 g/mol. The van der Waals surface area contributed by atoms with Gasteiger partial charge in [-0.05, 0) is 0 Å². The van der Waals surface area contributed by atoms with Gasteiger partial charge in [-0.25, -0.2) is 0 Å². The van der Waals surface area contributed by atoms with Gasteiger partial charge in [-0.15, -0.1) is 0 Å². The molecule has 1 unspecified atom stereocenters. The van der Waals surface area contributed by atoms with Crippen LogP contribution in [0.3, 0.4) is 0 Å². The molecule has 0 fully saturated rings. The van der Waals surface area contributed by atoms with E-state index in [0.29, 0.717) is 0 Å². The van der Waals surface area contributed by atoms with Gasteiger partial charge in [-0.1, -0.05) is 0 Å². The first-order valence-corrected chi connectivity index (χ1v) is 17.0. The van der Waals surface area contributed by atoms with Crippen molar-refractivity contribution in [3.05, 3.63) is 0 Å². The van der Waals surface area contributed by atoms with E-state index in [4.69, 9.17) is 44.1 Å². The molecule has 7 heteroatoms. The van der Waals surface area contributed by atoms with Crippen molar-refractivity contribution < 1.29 is 0 Å². The van der Waals surface area contributed by atoms with Gasteiger partial charge < -0.3 is 0 Å². The van der Waals surface area contributed by atoms with Crippen molar-refractivity contribution in [2.24, 2.45) is 0 Å². The zero-order valence-corrected chi connectivity index (χ0v) is 10.8. The Labute approximate surface area is 64.8 Å². The van der Waals surface area contributed by atoms with Crippen LogP contribution in [0, 0.1) is 0 Å². The van der Waals surface area contributed by atoms with Crippen LogP contribution in [0.15, 0.2) is 0 Å². The molecule has 0 saturated heterocycles. The Morgan fingerprint density at radius 1 is 0.714 bits per heavy atom. The Hall–Kier alpha value is 2.70. The molecule has 0 spiro atoms. The van der Waals surface area contributed by atoms with E-state index in [1.54, 1.807) is 0 Å². The fraction of sp³-hybridized carbons (Fsp3) is 0. The summed E-state index contributed by atoms with van der Waals surface area (Å²) in [5, 5.41) is 0. The maximum absolute atomic E-state index is 5.05. The first-order valence-electron chi connectivity index (χ1n) is 0.845. The van der Waals surface area contributed by atoms with Crippen LogP contribution in [0.1, 0.15) is 0 Å². The Kier molecular flexibility index (Phi) is 5.65. The van der Waals surface area contributed by atoms with E-state index in [1.165, 1.54) is 0 Å². The average Bonchev–Trinajstić information content (AvgIpc) is 0.650. The molecule has 0 radical (unpaired) electrons. The second kappa shape index (κ2) is 3.20. The van der Waals surface area contributed by atoms with Crippen molar-refractivity contribution >= 4 is 65.7 Å². The molecule has 0 aromatic rings. The summed E-state index contributed by atoms with van der Waals surface area (Å²) in [6.45, 7) is 0. The normalized spacial score (nSPS) is 16.4. The van der Waals surface area contributed by atoms with Gasteiger partial charge in [-0.3, -0.25) is 0 Å². The predicted octanol–water partition coefficient (Wildman–Crippen LogP) is 3.12. The van der Waals surface area contributed by atoms with E-state index in [-0.39, 0.29) is 9.90 Å². The Balaban J connectivity index is 0. The van der Waals surface area contributed by atoms with E-state index >= 15 is 0 Å². The van der Waals surface area contributed by atoms with Crippen LogP contribution in [0.25, 0.3) is 0 Å². The Morgan fingerprint density at radius 3 is 0.714 bits per heavy atom. The van der Waals surface area contributed by atoms with Crippen molar-refractivity contribution in [2.45, 2.75) is 0 Å². The minimum absolute atomic E-state index is 0. The molecular formula is H3Cl5PSb. The summed E-state index contributed by atoms with van der Waals surface area (Å²) in [7, 11) is 25.2. The third kappa shape index (κ3) is 53.6. The SMILES string of the molecule is P.[Cl][Sb]([Cl])([Cl])([Cl])[Cl]. The topological polar surface area (TPSA) is 0 Å². The molecule has 0 amide bonds. The summed E-state index contributed by atoms with van der Waals surface area (Å²) >= 11 is -4.33. The number of rotatable bonds is 0. The molecule has 0 aliphatic carbocycles. The quantitative estimate of drug-likeness (QED) is 0.472. The van der Waals surface area contributed by atoms with E-state index in [9.17, 15) is 0 Å². The number of hydrogen-bond donors (Lipinski definition) is 0. The van der Waals surface area contributed by atoms with Gasteiger partial charge in [0, 0.05) is 0 Å². The summed E-state index contributed by atoms with van der Waals surface area (Å²) < 4.78 is 0. The van der Waals surface area contributed by atoms with Crippen LogP contribution in [-0.4, -0.2) is 11.7 Å². The van der Waals surface area contributed by atoms with Crippen LogP contribution in [-0.2, 0) is 0 Å². The zero-order chi connectivity index (χ0) is 5.45. The van der Waals surface area contributed by atoms with E-state index in [1.807, 2.05) is 0 Å². The van der Waals surface area contributed by atoms with Crippen molar-refractivity contribution in [3.63, 3.8) is 0 Å². The van der Waals surface area contributed by atoms with Crippen molar-refractivity contribution in [1.82, 2.24) is 0 Å². The van der Waals surface area contributed by atoms with Gasteiger partial charge in [-0.2, -0.15) is 9.90 Å². The summed E-state index contributed by atoms with van der Waals surface area (Å²) in [5.74, 6) is 0. The molecule has 7 heavy (non-hydrogen) atoms. The van der Waals surface area contributed by atoms with Gasteiger partial charge in [0.15, 0.2) is 0 Å². The molecule has 0 aliphatic rings. The van der Waals surface area contributed by atoms with Crippen molar-refractivity contribution in [1.29, 1.82) is 0 Å². The molecule has 48 valence electrons. The second-order valence-corrected chi connectivity index (χ2v) is 38.6. The van der Waals surface area contributed by atoms with Gasteiger partial charge >= 0.3 is 55.8 Å². The number of halogens is 5. The first-order chi connectivity index (χ1) is 2.24. The summed E-state index contributed by atoms with van der Waals surface area (Å²) in [6, 6.07) is 0. The molecule has 0 rings (SSSR count). The van der Waals surface area contributed by atoms with Crippen LogP contribution in [0.5, 0.6) is 0 Å². The van der Waals surface area contributed by atoms with E-state index in [2.05, 4.69) is 0 Å². The molecule has 0 saturated carbocycles. The molecule has 0 N–H and O–H groups in total. The van der Waals surface area contributed by atoms with Crippen LogP contribution >= 0.6 is 54.0 Å². The maximum atomic E-state index is 5.05. The minimum atomic E-state index is -4.33. The standard InChI is InChI=1S/5ClH.H3P.Sb/h5*1H;1H3;/q;;;;;;+5/p-5. The van der Waals surface area contributed by atoms with Gasteiger partial charge in [0.05, 0.1) is 0 Å². The molecule has 0 bridgehead atoms. The second-order valence-electron chi connectivity index (χ2n) is 0.639. The first kappa shape index (κ1) is 12.4. The van der Waals surface area contributed by atoms with Crippen LogP contribution in [0.2, 0.25) is 0 Å². The van der Waals surface area contributed by atoms with Crippen molar-refractivity contribution in [3.8, 4) is 0 Å².